The molecule has 98 valence electrons. The topological polar surface area (TPSA) is 46.3 Å². The summed E-state index contributed by atoms with van der Waals surface area (Å²) in [5.74, 6) is 1.03. The Morgan fingerprint density at radius 2 is 1.88 bits per heavy atom. The van der Waals surface area contributed by atoms with Crippen molar-refractivity contribution in [3.63, 3.8) is 0 Å². The Balaban J connectivity index is 2.04. The zero-order chi connectivity index (χ0) is 12.4. The molecule has 2 rings (SSSR count). The van der Waals surface area contributed by atoms with Crippen molar-refractivity contribution < 1.29 is 4.79 Å². The molecule has 17 heavy (non-hydrogen) atoms. The van der Waals surface area contributed by atoms with Crippen molar-refractivity contribution in [3.8, 4) is 0 Å². The lowest BCUT2D eigenvalue weighted by molar-refractivity contribution is -0.143. The maximum Gasteiger partial charge on any atom is 0.226 e. The Kier molecular flexibility index (Phi) is 4.08. The van der Waals surface area contributed by atoms with Crippen LogP contribution in [0.4, 0.5) is 0 Å². The lowest BCUT2D eigenvalue weighted by Crippen LogP contribution is -2.51. The van der Waals surface area contributed by atoms with Crippen molar-refractivity contribution in [2.75, 3.05) is 6.54 Å². The van der Waals surface area contributed by atoms with Crippen LogP contribution in [-0.4, -0.2) is 29.4 Å². The van der Waals surface area contributed by atoms with Crippen molar-refractivity contribution in [3.05, 3.63) is 0 Å². The van der Waals surface area contributed by atoms with Gasteiger partial charge in [-0.05, 0) is 58.4 Å². The standard InChI is InChI=1S/C14H26N2O/c1-10(2)16(12-6-4-7-12)14(17)13-8-3-5-11(13)9-15/h10-13H,3-9,15H2,1-2H3/t11-,13-/m1/s1. The summed E-state index contributed by atoms with van der Waals surface area (Å²) in [5, 5.41) is 0. The summed E-state index contributed by atoms with van der Waals surface area (Å²) >= 11 is 0. The first-order valence-electron chi connectivity index (χ1n) is 7.17. The fourth-order valence-electron chi connectivity index (χ4n) is 3.36. The van der Waals surface area contributed by atoms with E-state index in [0.717, 1.165) is 12.8 Å². The molecule has 2 N–H and O–H groups in total. The van der Waals surface area contributed by atoms with Crippen molar-refractivity contribution in [1.29, 1.82) is 0 Å². The van der Waals surface area contributed by atoms with Crippen molar-refractivity contribution in [2.45, 2.75) is 64.5 Å². The fraction of sp³-hybridized carbons (Fsp3) is 0.929. The summed E-state index contributed by atoms with van der Waals surface area (Å²) in [4.78, 5) is 14.8. The van der Waals surface area contributed by atoms with Crippen LogP contribution in [0, 0.1) is 11.8 Å². The average Bonchev–Trinajstić information content (AvgIpc) is 2.69. The number of carbonyl (C=O) groups excluding carboxylic acids is 1. The predicted molar refractivity (Wildman–Crippen MR) is 69.5 cm³/mol. The van der Waals surface area contributed by atoms with Gasteiger partial charge in [0, 0.05) is 18.0 Å². The van der Waals surface area contributed by atoms with E-state index in [9.17, 15) is 4.79 Å². The van der Waals surface area contributed by atoms with E-state index in [2.05, 4.69) is 18.7 Å². The van der Waals surface area contributed by atoms with Crippen molar-refractivity contribution >= 4 is 5.91 Å². The van der Waals surface area contributed by atoms with Crippen LogP contribution in [0.15, 0.2) is 0 Å². The van der Waals surface area contributed by atoms with Gasteiger partial charge in [-0.25, -0.2) is 0 Å². The molecule has 2 saturated carbocycles. The highest BCUT2D eigenvalue weighted by atomic mass is 16.2. The van der Waals surface area contributed by atoms with Crippen LogP contribution in [0.3, 0.4) is 0 Å². The zero-order valence-electron chi connectivity index (χ0n) is 11.2. The monoisotopic (exact) mass is 238 g/mol. The third-order valence-electron chi connectivity index (χ3n) is 4.56. The number of hydrogen-bond acceptors (Lipinski definition) is 2. The highest BCUT2D eigenvalue weighted by molar-refractivity contribution is 5.80. The van der Waals surface area contributed by atoms with Crippen LogP contribution < -0.4 is 5.73 Å². The molecule has 2 fully saturated rings. The molecule has 2 atom stereocenters. The summed E-state index contributed by atoms with van der Waals surface area (Å²) in [5.41, 5.74) is 5.79. The van der Waals surface area contributed by atoms with Crippen LogP contribution in [0.5, 0.6) is 0 Å². The van der Waals surface area contributed by atoms with E-state index in [1.54, 1.807) is 0 Å². The average molecular weight is 238 g/mol. The fourth-order valence-corrected chi connectivity index (χ4v) is 3.36. The molecule has 0 aromatic rings. The molecule has 3 nitrogen and oxygen atoms in total. The highest BCUT2D eigenvalue weighted by Gasteiger charge is 2.39. The largest absolute Gasteiger partial charge is 0.337 e. The van der Waals surface area contributed by atoms with Gasteiger partial charge in [-0.3, -0.25) is 4.79 Å². The molecular formula is C14H26N2O. The van der Waals surface area contributed by atoms with E-state index in [-0.39, 0.29) is 5.92 Å². The summed E-state index contributed by atoms with van der Waals surface area (Å²) in [6.45, 7) is 4.96. The third kappa shape index (κ3) is 2.49. The summed E-state index contributed by atoms with van der Waals surface area (Å²) in [6.07, 6.45) is 7.05. The van der Waals surface area contributed by atoms with E-state index in [1.807, 2.05) is 0 Å². The Morgan fingerprint density at radius 1 is 1.24 bits per heavy atom. The molecule has 0 aromatic heterocycles. The Labute approximate surface area is 105 Å². The summed E-state index contributed by atoms with van der Waals surface area (Å²) in [6, 6.07) is 0.855. The molecule has 1 amide bonds. The van der Waals surface area contributed by atoms with Gasteiger partial charge in [0.2, 0.25) is 5.91 Å². The van der Waals surface area contributed by atoms with Gasteiger partial charge in [0.05, 0.1) is 0 Å². The van der Waals surface area contributed by atoms with Crippen molar-refractivity contribution in [2.24, 2.45) is 17.6 Å². The van der Waals surface area contributed by atoms with Gasteiger partial charge in [-0.2, -0.15) is 0 Å². The molecular weight excluding hydrogens is 212 g/mol. The number of amides is 1. The van der Waals surface area contributed by atoms with E-state index in [0.29, 0.717) is 30.5 Å². The van der Waals surface area contributed by atoms with Gasteiger partial charge in [0.1, 0.15) is 0 Å². The van der Waals surface area contributed by atoms with Crippen LogP contribution in [0.25, 0.3) is 0 Å². The lowest BCUT2D eigenvalue weighted by Gasteiger charge is -2.42. The smallest absolute Gasteiger partial charge is 0.226 e. The van der Waals surface area contributed by atoms with Gasteiger partial charge >= 0.3 is 0 Å². The molecule has 0 heterocycles. The second-order valence-corrected chi connectivity index (χ2v) is 5.96. The predicted octanol–water partition coefficient (Wildman–Crippen LogP) is 2.15. The Bertz CT molecular complexity index is 273. The van der Waals surface area contributed by atoms with Gasteiger partial charge in [0.25, 0.3) is 0 Å². The Morgan fingerprint density at radius 3 is 2.35 bits per heavy atom. The first-order chi connectivity index (χ1) is 8.15. The van der Waals surface area contributed by atoms with Crippen LogP contribution in [0.1, 0.15) is 52.4 Å². The molecule has 0 aromatic carbocycles. The van der Waals surface area contributed by atoms with Crippen LogP contribution in [0.2, 0.25) is 0 Å². The number of rotatable bonds is 4. The van der Waals surface area contributed by atoms with Crippen LogP contribution >= 0.6 is 0 Å². The molecule has 0 unspecified atom stereocenters. The molecule has 2 aliphatic rings. The van der Waals surface area contributed by atoms with Crippen molar-refractivity contribution in [1.82, 2.24) is 4.90 Å². The Hall–Kier alpha value is -0.570. The number of carbonyl (C=O) groups is 1. The molecule has 2 aliphatic carbocycles. The van der Waals surface area contributed by atoms with Gasteiger partial charge in [-0.1, -0.05) is 6.42 Å². The molecule has 0 aliphatic heterocycles. The minimum atomic E-state index is 0.211. The molecule has 0 saturated heterocycles. The third-order valence-corrected chi connectivity index (χ3v) is 4.56. The SMILES string of the molecule is CC(C)N(C(=O)[C@@H]1CCC[C@@H]1CN)C1CCC1. The minimum Gasteiger partial charge on any atom is -0.337 e. The van der Waals surface area contributed by atoms with Gasteiger partial charge in [-0.15, -0.1) is 0 Å². The highest BCUT2D eigenvalue weighted by Crippen LogP contribution is 2.35. The quantitative estimate of drug-likeness (QED) is 0.815. The second-order valence-electron chi connectivity index (χ2n) is 5.96. The second kappa shape index (κ2) is 5.38. The van der Waals surface area contributed by atoms with E-state index >= 15 is 0 Å². The maximum atomic E-state index is 12.7. The number of hydrogen-bond donors (Lipinski definition) is 1. The van der Waals surface area contributed by atoms with E-state index < -0.39 is 0 Å². The van der Waals surface area contributed by atoms with Gasteiger partial charge < -0.3 is 10.6 Å². The maximum absolute atomic E-state index is 12.7. The molecule has 3 heteroatoms. The minimum absolute atomic E-state index is 0.211. The molecule has 0 radical (unpaired) electrons. The first-order valence-corrected chi connectivity index (χ1v) is 7.17. The van der Waals surface area contributed by atoms with Crippen LogP contribution in [-0.2, 0) is 4.79 Å². The van der Waals surface area contributed by atoms with E-state index in [1.165, 1.54) is 25.7 Å². The zero-order valence-corrected chi connectivity index (χ0v) is 11.2. The lowest BCUT2D eigenvalue weighted by atomic mass is 9.87. The molecule has 0 bridgehead atoms. The number of nitrogens with zero attached hydrogens (tertiary/aromatic N) is 1. The summed E-state index contributed by atoms with van der Waals surface area (Å²) in [7, 11) is 0. The van der Waals surface area contributed by atoms with Gasteiger partial charge in [0.15, 0.2) is 0 Å². The normalized spacial score (nSPS) is 29.4. The molecule has 0 spiro atoms. The summed E-state index contributed by atoms with van der Waals surface area (Å²) < 4.78 is 0. The first kappa shape index (κ1) is 12.9. The van der Waals surface area contributed by atoms with E-state index in [4.69, 9.17) is 5.73 Å². The number of nitrogens with two attached hydrogens (primary N) is 1.